The summed E-state index contributed by atoms with van der Waals surface area (Å²) in [4.78, 5) is 9.85. The molecule has 3 rings (SSSR count). The van der Waals surface area contributed by atoms with Gasteiger partial charge in [0.25, 0.3) is 0 Å². The third kappa shape index (κ3) is 7.72. The Morgan fingerprint density at radius 2 is 1.74 bits per heavy atom. The second kappa shape index (κ2) is 13.1. The SMILES string of the molecule is O=[PH](O)C1(COc2ccc(CCNC[C@H](O)COc3ccc(O)c(CO)c3)cc2)CCCCC1. The van der Waals surface area contributed by atoms with Crippen LogP contribution in [-0.4, -0.2) is 57.8 Å². The lowest BCUT2D eigenvalue weighted by molar-refractivity contribution is 0.106. The maximum atomic E-state index is 12.0. The van der Waals surface area contributed by atoms with Gasteiger partial charge in [-0.2, -0.15) is 0 Å². The fourth-order valence-electron chi connectivity index (χ4n) is 4.15. The van der Waals surface area contributed by atoms with Crippen LogP contribution in [0.1, 0.15) is 43.2 Å². The first-order valence-corrected chi connectivity index (χ1v) is 13.2. The number of aromatic hydroxyl groups is 1. The van der Waals surface area contributed by atoms with Crippen LogP contribution >= 0.6 is 8.03 Å². The molecular weight excluding hydrogens is 457 g/mol. The van der Waals surface area contributed by atoms with E-state index < -0.39 is 19.3 Å². The van der Waals surface area contributed by atoms with Gasteiger partial charge in [-0.1, -0.05) is 31.4 Å². The molecule has 1 aliphatic carbocycles. The van der Waals surface area contributed by atoms with E-state index >= 15 is 0 Å². The van der Waals surface area contributed by atoms with Gasteiger partial charge < -0.3 is 35.0 Å². The van der Waals surface area contributed by atoms with Crippen LogP contribution < -0.4 is 14.8 Å². The zero-order valence-electron chi connectivity index (χ0n) is 19.4. The first kappa shape index (κ1) is 26.5. The molecule has 0 bridgehead atoms. The average Bonchev–Trinajstić information content (AvgIpc) is 2.86. The first-order chi connectivity index (χ1) is 16.4. The highest BCUT2D eigenvalue weighted by atomic mass is 31.1. The second-order valence-corrected chi connectivity index (χ2v) is 10.6. The van der Waals surface area contributed by atoms with Crippen molar-refractivity contribution in [1.29, 1.82) is 0 Å². The van der Waals surface area contributed by atoms with Crippen molar-refractivity contribution in [2.24, 2.45) is 0 Å². The van der Waals surface area contributed by atoms with Crippen LogP contribution in [0.4, 0.5) is 0 Å². The summed E-state index contributed by atoms with van der Waals surface area (Å²) in [5.41, 5.74) is 1.49. The van der Waals surface area contributed by atoms with Crippen molar-refractivity contribution in [2.75, 3.05) is 26.3 Å². The summed E-state index contributed by atoms with van der Waals surface area (Å²) >= 11 is 0. The summed E-state index contributed by atoms with van der Waals surface area (Å²) in [6, 6.07) is 12.3. The molecule has 1 unspecified atom stereocenters. The topological polar surface area (TPSA) is 128 Å². The Hall–Kier alpha value is -2.09. The lowest BCUT2D eigenvalue weighted by Crippen LogP contribution is -2.34. The number of aliphatic hydroxyl groups excluding tert-OH is 2. The molecule has 2 atom stereocenters. The molecule has 2 aromatic carbocycles. The predicted molar refractivity (Wildman–Crippen MR) is 131 cm³/mol. The first-order valence-electron chi connectivity index (χ1n) is 11.8. The Morgan fingerprint density at radius 3 is 2.41 bits per heavy atom. The molecule has 0 aliphatic heterocycles. The van der Waals surface area contributed by atoms with Crippen molar-refractivity contribution in [3.05, 3.63) is 53.6 Å². The van der Waals surface area contributed by atoms with Gasteiger partial charge in [-0.3, -0.25) is 4.57 Å². The molecule has 8 nitrogen and oxygen atoms in total. The molecule has 2 aromatic rings. The second-order valence-electron chi connectivity index (χ2n) is 8.95. The summed E-state index contributed by atoms with van der Waals surface area (Å²) < 4.78 is 23.4. The summed E-state index contributed by atoms with van der Waals surface area (Å²) in [5.74, 6) is 1.19. The molecule has 34 heavy (non-hydrogen) atoms. The van der Waals surface area contributed by atoms with Crippen LogP contribution in [0.2, 0.25) is 0 Å². The number of nitrogens with one attached hydrogen (secondary N) is 1. The zero-order valence-corrected chi connectivity index (χ0v) is 20.4. The van der Waals surface area contributed by atoms with Gasteiger partial charge >= 0.3 is 0 Å². The lowest BCUT2D eigenvalue weighted by Gasteiger charge is -2.34. The van der Waals surface area contributed by atoms with Crippen molar-refractivity contribution < 1.29 is 34.3 Å². The predicted octanol–water partition coefficient (Wildman–Crippen LogP) is 3.01. The van der Waals surface area contributed by atoms with Crippen LogP contribution in [0.15, 0.2) is 42.5 Å². The number of hydrogen-bond acceptors (Lipinski definition) is 7. The van der Waals surface area contributed by atoms with Crippen molar-refractivity contribution in [3.8, 4) is 17.2 Å². The summed E-state index contributed by atoms with van der Waals surface area (Å²) in [6.07, 6.45) is 4.66. The van der Waals surface area contributed by atoms with Crippen molar-refractivity contribution in [3.63, 3.8) is 0 Å². The van der Waals surface area contributed by atoms with E-state index in [1.54, 1.807) is 12.1 Å². The maximum absolute atomic E-state index is 12.0. The largest absolute Gasteiger partial charge is 0.508 e. The number of aliphatic hydroxyl groups is 2. The number of ether oxygens (including phenoxy) is 2. The summed E-state index contributed by atoms with van der Waals surface area (Å²) in [5, 5.41) is 31.5. The van der Waals surface area contributed by atoms with Gasteiger partial charge in [0.05, 0.1) is 11.8 Å². The fourth-order valence-corrected chi connectivity index (χ4v) is 5.13. The van der Waals surface area contributed by atoms with Crippen LogP contribution in [0.3, 0.4) is 0 Å². The van der Waals surface area contributed by atoms with Gasteiger partial charge in [0, 0.05) is 12.1 Å². The molecule has 1 saturated carbocycles. The molecule has 0 amide bonds. The quantitative estimate of drug-likeness (QED) is 0.213. The zero-order chi connectivity index (χ0) is 24.4. The highest BCUT2D eigenvalue weighted by Gasteiger charge is 2.38. The van der Waals surface area contributed by atoms with E-state index in [1.165, 1.54) is 6.07 Å². The molecule has 0 aromatic heterocycles. The van der Waals surface area contributed by atoms with Crippen LogP contribution in [0.25, 0.3) is 0 Å². The van der Waals surface area contributed by atoms with E-state index in [9.17, 15) is 24.8 Å². The van der Waals surface area contributed by atoms with Crippen LogP contribution in [0.5, 0.6) is 17.2 Å². The highest BCUT2D eigenvalue weighted by molar-refractivity contribution is 7.40. The van der Waals surface area contributed by atoms with Gasteiger partial charge in [0.1, 0.15) is 36.6 Å². The Balaban J connectivity index is 1.34. The van der Waals surface area contributed by atoms with Crippen molar-refractivity contribution in [1.82, 2.24) is 5.32 Å². The molecule has 188 valence electrons. The molecule has 0 spiro atoms. The smallest absolute Gasteiger partial charge is 0.198 e. The highest BCUT2D eigenvalue weighted by Crippen LogP contribution is 2.46. The Kier molecular flexibility index (Phi) is 10.2. The van der Waals surface area contributed by atoms with E-state index in [2.05, 4.69) is 5.32 Å². The van der Waals surface area contributed by atoms with E-state index in [0.29, 0.717) is 30.2 Å². The van der Waals surface area contributed by atoms with E-state index in [0.717, 1.165) is 44.1 Å². The monoisotopic (exact) mass is 493 g/mol. The number of rotatable bonds is 13. The molecule has 1 fully saturated rings. The minimum Gasteiger partial charge on any atom is -0.508 e. The van der Waals surface area contributed by atoms with E-state index in [1.807, 2.05) is 24.3 Å². The Morgan fingerprint density at radius 1 is 1.03 bits per heavy atom. The van der Waals surface area contributed by atoms with Crippen LogP contribution in [-0.2, 0) is 17.6 Å². The van der Waals surface area contributed by atoms with Crippen molar-refractivity contribution in [2.45, 2.75) is 56.4 Å². The van der Waals surface area contributed by atoms with Gasteiger partial charge in [-0.05, 0) is 61.7 Å². The lowest BCUT2D eigenvalue weighted by atomic mass is 9.89. The summed E-state index contributed by atoms with van der Waals surface area (Å²) in [7, 11) is -2.65. The third-order valence-corrected chi connectivity index (χ3v) is 7.89. The number of hydrogen-bond donors (Lipinski definition) is 5. The minimum absolute atomic E-state index is 0.00674. The summed E-state index contributed by atoms with van der Waals surface area (Å²) in [6.45, 7) is 1.14. The average molecular weight is 494 g/mol. The fraction of sp³-hybridized carbons (Fsp3) is 0.520. The standard InChI is InChI=1S/C25H36NO7P/c27-16-20-14-23(8-9-24(20)29)32-17-21(28)15-26-13-10-19-4-6-22(7-5-19)33-18-25(34(30)31)11-2-1-3-12-25/h4-9,14,21,26-29,34H,1-3,10-13,15-18H2,(H,30,31)/t21-/m0/s1. The van der Waals surface area contributed by atoms with Gasteiger partial charge in [0.15, 0.2) is 8.03 Å². The molecule has 5 N–H and O–H groups in total. The van der Waals surface area contributed by atoms with Gasteiger partial charge in [0.2, 0.25) is 0 Å². The number of phenols is 1. The van der Waals surface area contributed by atoms with Crippen molar-refractivity contribution >= 4 is 8.03 Å². The van der Waals surface area contributed by atoms with Crippen LogP contribution in [0, 0.1) is 0 Å². The third-order valence-electron chi connectivity index (χ3n) is 6.34. The molecule has 0 radical (unpaired) electrons. The molecule has 9 heteroatoms. The number of benzene rings is 2. The molecule has 0 heterocycles. The molecule has 1 aliphatic rings. The molecule has 0 saturated heterocycles. The van der Waals surface area contributed by atoms with E-state index in [-0.39, 0.29) is 25.6 Å². The Bertz CT molecular complexity index is 916. The van der Waals surface area contributed by atoms with Gasteiger partial charge in [-0.25, -0.2) is 0 Å². The molecular formula is C25H36NO7P. The van der Waals surface area contributed by atoms with Gasteiger partial charge in [-0.15, -0.1) is 0 Å². The normalized spacial score (nSPS) is 17.1. The van der Waals surface area contributed by atoms with E-state index in [4.69, 9.17) is 9.47 Å². The Labute approximate surface area is 201 Å². The maximum Gasteiger partial charge on any atom is 0.198 e. The minimum atomic E-state index is -2.65.